The third-order valence-corrected chi connectivity index (χ3v) is 5.19. The van der Waals surface area contributed by atoms with E-state index in [9.17, 15) is 14.4 Å². The monoisotopic (exact) mass is 456 g/mol. The number of hydrogen-bond acceptors (Lipinski definition) is 3. The molecule has 1 N–H and O–H groups in total. The fourth-order valence-corrected chi connectivity index (χ4v) is 3.59. The van der Waals surface area contributed by atoms with Gasteiger partial charge in [0, 0.05) is 16.3 Å². The van der Waals surface area contributed by atoms with Gasteiger partial charge in [0.15, 0.2) is 0 Å². The van der Waals surface area contributed by atoms with Gasteiger partial charge in [-0.2, -0.15) is 5.26 Å². The van der Waals surface area contributed by atoms with E-state index in [2.05, 4.69) is 5.32 Å². The normalized spacial score (nSPS) is 11.1. The lowest BCUT2D eigenvalue weighted by atomic mass is 10.0. The van der Waals surface area contributed by atoms with Crippen molar-refractivity contribution in [2.45, 2.75) is 6.61 Å². The lowest BCUT2D eigenvalue weighted by Crippen LogP contribution is -2.13. The van der Waals surface area contributed by atoms with Crippen molar-refractivity contribution in [3.05, 3.63) is 112 Å². The molecule has 0 aromatic heterocycles. The van der Waals surface area contributed by atoms with Gasteiger partial charge in [0.1, 0.15) is 29.8 Å². The Morgan fingerprint density at radius 2 is 1.85 bits per heavy atom. The van der Waals surface area contributed by atoms with Gasteiger partial charge in [-0.3, -0.25) is 4.79 Å². The van der Waals surface area contributed by atoms with Crippen LogP contribution in [0.2, 0.25) is 5.02 Å². The smallest absolute Gasteiger partial charge is 0.266 e. The summed E-state index contributed by atoms with van der Waals surface area (Å²) < 4.78 is 19.5. The molecule has 0 atom stereocenters. The van der Waals surface area contributed by atoms with E-state index >= 15 is 0 Å². The van der Waals surface area contributed by atoms with Crippen molar-refractivity contribution in [2.75, 3.05) is 5.32 Å². The third-order valence-electron chi connectivity index (χ3n) is 4.95. The van der Waals surface area contributed by atoms with Gasteiger partial charge >= 0.3 is 0 Å². The van der Waals surface area contributed by atoms with Gasteiger partial charge in [0.2, 0.25) is 0 Å². The molecule has 0 aliphatic carbocycles. The first-order chi connectivity index (χ1) is 16.0. The topological polar surface area (TPSA) is 62.1 Å². The predicted octanol–water partition coefficient (Wildman–Crippen LogP) is 6.76. The van der Waals surface area contributed by atoms with Gasteiger partial charge in [-0.25, -0.2) is 4.39 Å². The van der Waals surface area contributed by atoms with Crippen molar-refractivity contribution < 1.29 is 13.9 Å². The molecular formula is C27H18ClFN2O2. The predicted molar refractivity (Wildman–Crippen MR) is 128 cm³/mol. The van der Waals surface area contributed by atoms with Gasteiger partial charge in [-0.05, 0) is 58.8 Å². The Labute approximate surface area is 195 Å². The Balaban J connectivity index is 1.70. The number of benzene rings is 4. The zero-order valence-corrected chi connectivity index (χ0v) is 18.1. The lowest BCUT2D eigenvalue weighted by molar-refractivity contribution is -0.112. The Kier molecular flexibility index (Phi) is 6.68. The number of fused-ring (bicyclic) bond motifs is 1. The minimum Gasteiger partial charge on any atom is -0.488 e. The van der Waals surface area contributed by atoms with Crippen molar-refractivity contribution in [1.29, 1.82) is 5.26 Å². The average Bonchev–Trinajstić information content (AvgIpc) is 2.81. The molecule has 0 radical (unpaired) electrons. The van der Waals surface area contributed by atoms with Crippen LogP contribution in [0.25, 0.3) is 16.8 Å². The highest BCUT2D eigenvalue weighted by atomic mass is 35.5. The van der Waals surface area contributed by atoms with Gasteiger partial charge < -0.3 is 10.1 Å². The van der Waals surface area contributed by atoms with Crippen LogP contribution < -0.4 is 10.1 Å². The minimum atomic E-state index is -0.566. The summed E-state index contributed by atoms with van der Waals surface area (Å²) in [6.45, 7) is 0.132. The summed E-state index contributed by atoms with van der Waals surface area (Å²) >= 11 is 5.98. The van der Waals surface area contributed by atoms with Crippen LogP contribution in [0.1, 0.15) is 11.1 Å². The van der Waals surface area contributed by atoms with E-state index in [-0.39, 0.29) is 18.0 Å². The molecule has 0 unspecified atom stereocenters. The van der Waals surface area contributed by atoms with Crippen molar-refractivity contribution >= 4 is 40.0 Å². The van der Waals surface area contributed by atoms with E-state index in [0.717, 1.165) is 10.8 Å². The molecule has 4 rings (SSSR count). The summed E-state index contributed by atoms with van der Waals surface area (Å²) in [7, 11) is 0. The molecular weight excluding hydrogens is 439 g/mol. The van der Waals surface area contributed by atoms with Crippen LogP contribution in [0.15, 0.2) is 90.5 Å². The van der Waals surface area contributed by atoms with E-state index < -0.39 is 5.91 Å². The Morgan fingerprint density at radius 1 is 1.03 bits per heavy atom. The van der Waals surface area contributed by atoms with Gasteiger partial charge in [0.05, 0.1) is 0 Å². The fraction of sp³-hybridized carbons (Fsp3) is 0.0370. The van der Waals surface area contributed by atoms with Gasteiger partial charge in [0.25, 0.3) is 5.91 Å². The van der Waals surface area contributed by atoms with Crippen molar-refractivity contribution in [3.8, 4) is 11.8 Å². The molecule has 0 aliphatic heterocycles. The molecule has 0 bridgehead atoms. The number of ether oxygens (including phenoxy) is 1. The first-order valence-corrected chi connectivity index (χ1v) is 10.5. The third kappa shape index (κ3) is 5.38. The molecule has 33 heavy (non-hydrogen) atoms. The zero-order chi connectivity index (χ0) is 23.2. The molecule has 4 aromatic carbocycles. The molecule has 0 aliphatic rings. The van der Waals surface area contributed by atoms with Crippen LogP contribution in [0.3, 0.4) is 0 Å². The summed E-state index contributed by atoms with van der Waals surface area (Å²) in [6.07, 6.45) is 1.50. The SMILES string of the molecule is N#C/C(=C\c1c(OCc2cccc(F)c2)ccc2ccccc12)C(=O)Nc1cccc(Cl)c1. The van der Waals surface area contributed by atoms with Crippen LogP contribution in [0, 0.1) is 17.1 Å². The summed E-state index contributed by atoms with van der Waals surface area (Å²) in [5.41, 5.74) is 1.63. The molecule has 0 saturated carbocycles. The first-order valence-electron chi connectivity index (χ1n) is 10.1. The minimum absolute atomic E-state index is 0.0954. The Hall–Kier alpha value is -4.14. The van der Waals surface area contributed by atoms with E-state index in [4.69, 9.17) is 16.3 Å². The maximum Gasteiger partial charge on any atom is 0.266 e. The molecule has 0 spiro atoms. The Bertz CT molecular complexity index is 1410. The number of hydrogen-bond donors (Lipinski definition) is 1. The van der Waals surface area contributed by atoms with Crippen molar-refractivity contribution in [3.63, 3.8) is 0 Å². The van der Waals surface area contributed by atoms with Crippen LogP contribution in [0.4, 0.5) is 10.1 Å². The number of rotatable bonds is 6. The molecule has 6 heteroatoms. The first kappa shape index (κ1) is 22.1. The Morgan fingerprint density at radius 3 is 2.64 bits per heavy atom. The van der Waals surface area contributed by atoms with E-state index in [0.29, 0.717) is 27.6 Å². The summed E-state index contributed by atoms with van der Waals surface area (Å²) in [6, 6.07) is 26.1. The number of halogens is 2. The number of nitrogens with one attached hydrogen (secondary N) is 1. The zero-order valence-electron chi connectivity index (χ0n) is 17.4. The number of carbonyl (C=O) groups excluding carboxylic acids is 1. The van der Waals surface area contributed by atoms with Crippen LogP contribution in [0.5, 0.6) is 5.75 Å². The molecule has 4 nitrogen and oxygen atoms in total. The highest BCUT2D eigenvalue weighted by Gasteiger charge is 2.14. The average molecular weight is 457 g/mol. The van der Waals surface area contributed by atoms with Crippen molar-refractivity contribution in [2.24, 2.45) is 0 Å². The second-order valence-corrected chi connectivity index (χ2v) is 7.69. The van der Waals surface area contributed by atoms with E-state index in [1.165, 1.54) is 18.2 Å². The number of carbonyl (C=O) groups is 1. The second-order valence-electron chi connectivity index (χ2n) is 7.25. The lowest BCUT2D eigenvalue weighted by Gasteiger charge is -2.13. The summed E-state index contributed by atoms with van der Waals surface area (Å²) in [5, 5.41) is 14.6. The standard InChI is InChI=1S/C27H18ClFN2O2/c28-21-7-4-9-23(15-21)31-27(32)20(16-30)14-25-24-10-2-1-6-19(24)11-12-26(25)33-17-18-5-3-8-22(29)13-18/h1-15H,17H2,(H,31,32)/b20-14+. The molecule has 162 valence electrons. The van der Waals surface area contributed by atoms with Crippen LogP contribution in [-0.4, -0.2) is 5.91 Å². The maximum absolute atomic E-state index is 13.5. The molecule has 0 fully saturated rings. The quantitative estimate of drug-likeness (QED) is 0.257. The second kappa shape index (κ2) is 9.99. The summed E-state index contributed by atoms with van der Waals surface area (Å²) in [4.78, 5) is 12.8. The molecule has 1 amide bonds. The summed E-state index contributed by atoms with van der Waals surface area (Å²) in [5.74, 6) is -0.441. The molecule has 4 aromatic rings. The number of nitrogens with zero attached hydrogens (tertiary/aromatic N) is 1. The largest absolute Gasteiger partial charge is 0.488 e. The molecule has 0 heterocycles. The fourth-order valence-electron chi connectivity index (χ4n) is 3.40. The highest BCUT2D eigenvalue weighted by Crippen LogP contribution is 2.31. The van der Waals surface area contributed by atoms with Crippen LogP contribution >= 0.6 is 11.6 Å². The maximum atomic E-state index is 13.5. The van der Waals surface area contributed by atoms with Crippen molar-refractivity contribution in [1.82, 2.24) is 0 Å². The number of nitriles is 1. The van der Waals surface area contributed by atoms with Gasteiger partial charge in [-0.15, -0.1) is 0 Å². The highest BCUT2D eigenvalue weighted by molar-refractivity contribution is 6.31. The van der Waals surface area contributed by atoms with Crippen LogP contribution in [-0.2, 0) is 11.4 Å². The van der Waals surface area contributed by atoms with E-state index in [1.54, 1.807) is 42.5 Å². The van der Waals surface area contributed by atoms with E-state index in [1.807, 2.05) is 36.4 Å². The number of anilines is 1. The van der Waals surface area contributed by atoms with Gasteiger partial charge in [-0.1, -0.05) is 60.1 Å². The molecule has 0 saturated heterocycles. The number of amides is 1.